The van der Waals surface area contributed by atoms with Crippen LogP contribution in [0.25, 0.3) is 0 Å². The number of methoxy groups -OCH3 is 1. The van der Waals surface area contributed by atoms with Gasteiger partial charge in [0.2, 0.25) is 10.0 Å². The Morgan fingerprint density at radius 2 is 2.24 bits per heavy atom. The Morgan fingerprint density at radius 3 is 2.86 bits per heavy atom. The molecule has 2 aromatic rings. The van der Waals surface area contributed by atoms with Crippen molar-refractivity contribution in [3.63, 3.8) is 0 Å². The van der Waals surface area contributed by atoms with Gasteiger partial charge in [0.05, 0.1) is 7.11 Å². The van der Waals surface area contributed by atoms with E-state index in [1.807, 2.05) is 0 Å². The van der Waals surface area contributed by atoms with Gasteiger partial charge in [0, 0.05) is 19.5 Å². The molecule has 0 spiro atoms. The molecule has 9 heteroatoms. The third kappa shape index (κ3) is 3.78. The van der Waals surface area contributed by atoms with Crippen LogP contribution >= 0.6 is 0 Å². The molecule has 0 aliphatic heterocycles. The Bertz CT molecular complexity index is 685. The van der Waals surface area contributed by atoms with Crippen molar-refractivity contribution in [1.29, 1.82) is 0 Å². The first-order valence-corrected chi connectivity index (χ1v) is 7.76. The van der Waals surface area contributed by atoms with Gasteiger partial charge in [-0.05, 0) is 17.7 Å². The molecule has 4 N–H and O–H groups in total. The Balaban J connectivity index is 2.11. The van der Waals surface area contributed by atoms with E-state index in [0.29, 0.717) is 18.8 Å². The molecular formula is C12H17N5O3S. The summed E-state index contributed by atoms with van der Waals surface area (Å²) >= 11 is 0. The highest BCUT2D eigenvalue weighted by Crippen LogP contribution is 2.24. The third-order valence-corrected chi connectivity index (χ3v) is 4.37. The minimum atomic E-state index is -3.66. The highest BCUT2D eigenvalue weighted by Gasteiger charge is 2.19. The van der Waals surface area contributed by atoms with E-state index >= 15 is 0 Å². The van der Waals surface area contributed by atoms with Crippen LogP contribution in [0, 0.1) is 0 Å². The maximum absolute atomic E-state index is 12.3. The van der Waals surface area contributed by atoms with Gasteiger partial charge in [-0.15, -0.1) is 0 Å². The molecule has 0 saturated carbocycles. The van der Waals surface area contributed by atoms with Crippen LogP contribution in [0.3, 0.4) is 0 Å². The molecule has 0 aliphatic rings. The summed E-state index contributed by atoms with van der Waals surface area (Å²) in [6.07, 6.45) is 1.79. The van der Waals surface area contributed by atoms with Crippen molar-refractivity contribution in [3.8, 4) is 5.75 Å². The minimum Gasteiger partial charge on any atom is -0.495 e. The predicted octanol–water partition coefficient (Wildman–Crippen LogP) is -0.207. The average Bonchev–Trinajstić information content (AvgIpc) is 2.99. The number of benzene rings is 1. The summed E-state index contributed by atoms with van der Waals surface area (Å²) in [6, 6.07) is 4.76. The van der Waals surface area contributed by atoms with E-state index in [2.05, 4.69) is 19.9 Å². The maximum Gasteiger partial charge on any atom is 0.244 e. The molecular weight excluding hydrogens is 294 g/mol. The minimum absolute atomic E-state index is 0.0831. The first kappa shape index (κ1) is 15.4. The first-order valence-electron chi connectivity index (χ1n) is 6.27. The van der Waals surface area contributed by atoms with Crippen LogP contribution in [-0.2, 0) is 23.0 Å². The molecule has 0 aliphatic carbocycles. The number of hydrogen-bond donors (Lipinski definition) is 3. The monoisotopic (exact) mass is 311 g/mol. The second kappa shape index (κ2) is 6.66. The maximum atomic E-state index is 12.3. The van der Waals surface area contributed by atoms with E-state index in [1.54, 1.807) is 12.1 Å². The normalized spacial score (nSPS) is 11.5. The summed E-state index contributed by atoms with van der Waals surface area (Å²) in [4.78, 5) is 4.01. The quantitative estimate of drug-likeness (QED) is 0.650. The molecule has 1 aromatic carbocycles. The first-order chi connectivity index (χ1) is 10.1. The molecule has 0 bridgehead atoms. The third-order valence-electron chi connectivity index (χ3n) is 2.87. The fraction of sp³-hybridized carbons (Fsp3) is 0.333. The van der Waals surface area contributed by atoms with Crippen molar-refractivity contribution in [2.75, 3.05) is 13.7 Å². The van der Waals surface area contributed by atoms with Crippen LogP contribution in [0.4, 0.5) is 0 Å². The number of H-pyrrole nitrogens is 1. The van der Waals surface area contributed by atoms with E-state index in [1.165, 1.54) is 19.5 Å². The van der Waals surface area contributed by atoms with Crippen molar-refractivity contribution < 1.29 is 13.2 Å². The molecule has 2 rings (SSSR count). The van der Waals surface area contributed by atoms with Crippen molar-refractivity contribution >= 4 is 10.0 Å². The molecule has 114 valence electrons. The second-order valence-corrected chi connectivity index (χ2v) is 6.00. The van der Waals surface area contributed by atoms with Crippen LogP contribution in [0.5, 0.6) is 5.75 Å². The lowest BCUT2D eigenvalue weighted by molar-refractivity contribution is 0.401. The highest BCUT2D eigenvalue weighted by atomic mass is 32.2. The summed E-state index contributed by atoms with van der Waals surface area (Å²) in [5.41, 5.74) is 6.33. The molecule has 0 fully saturated rings. The summed E-state index contributed by atoms with van der Waals surface area (Å²) in [5, 5.41) is 6.36. The summed E-state index contributed by atoms with van der Waals surface area (Å²) in [6.45, 7) is 0.523. The Labute approximate surface area is 122 Å². The van der Waals surface area contributed by atoms with E-state index in [4.69, 9.17) is 10.5 Å². The largest absolute Gasteiger partial charge is 0.495 e. The van der Waals surface area contributed by atoms with Gasteiger partial charge in [0.1, 0.15) is 22.8 Å². The van der Waals surface area contributed by atoms with E-state index < -0.39 is 10.0 Å². The number of nitrogens with two attached hydrogens (primary N) is 1. The van der Waals surface area contributed by atoms with E-state index in [0.717, 1.165) is 5.56 Å². The zero-order chi connectivity index (χ0) is 15.3. The summed E-state index contributed by atoms with van der Waals surface area (Å²) in [7, 11) is -2.24. The molecule has 0 radical (unpaired) electrons. The average molecular weight is 311 g/mol. The number of aromatic amines is 1. The number of aromatic nitrogens is 3. The molecule has 1 aromatic heterocycles. The van der Waals surface area contributed by atoms with Crippen LogP contribution in [0.2, 0.25) is 0 Å². The van der Waals surface area contributed by atoms with Crippen molar-refractivity contribution in [2.45, 2.75) is 17.9 Å². The van der Waals surface area contributed by atoms with Gasteiger partial charge in [0.15, 0.2) is 0 Å². The van der Waals surface area contributed by atoms with Gasteiger partial charge in [-0.2, -0.15) is 5.10 Å². The van der Waals surface area contributed by atoms with Crippen molar-refractivity contribution in [3.05, 3.63) is 35.9 Å². The zero-order valence-corrected chi connectivity index (χ0v) is 12.4. The lowest BCUT2D eigenvalue weighted by atomic mass is 10.2. The Morgan fingerprint density at radius 1 is 1.43 bits per heavy atom. The van der Waals surface area contributed by atoms with Gasteiger partial charge < -0.3 is 10.5 Å². The summed E-state index contributed by atoms with van der Waals surface area (Å²) < 4.78 is 32.2. The molecule has 21 heavy (non-hydrogen) atoms. The molecule has 8 nitrogen and oxygen atoms in total. The smallest absolute Gasteiger partial charge is 0.244 e. The topological polar surface area (TPSA) is 123 Å². The van der Waals surface area contributed by atoms with Gasteiger partial charge in [-0.25, -0.2) is 18.1 Å². The van der Waals surface area contributed by atoms with Gasteiger partial charge in [-0.1, -0.05) is 6.07 Å². The number of ether oxygens (including phenoxy) is 1. The van der Waals surface area contributed by atoms with Gasteiger partial charge in [0.25, 0.3) is 0 Å². The molecule has 0 atom stereocenters. The number of nitrogens with one attached hydrogen (secondary N) is 2. The molecule has 0 amide bonds. The Hall–Kier alpha value is -1.97. The molecule has 1 heterocycles. The highest BCUT2D eigenvalue weighted by molar-refractivity contribution is 7.89. The van der Waals surface area contributed by atoms with Crippen molar-refractivity contribution in [1.82, 2.24) is 19.9 Å². The van der Waals surface area contributed by atoms with Crippen LogP contribution in [0.15, 0.2) is 29.4 Å². The lowest BCUT2D eigenvalue weighted by Crippen LogP contribution is -2.26. The fourth-order valence-corrected chi connectivity index (χ4v) is 2.97. The zero-order valence-electron chi connectivity index (χ0n) is 11.5. The Kier molecular flexibility index (Phi) is 4.89. The predicted molar refractivity (Wildman–Crippen MR) is 76.2 cm³/mol. The van der Waals surface area contributed by atoms with Gasteiger partial charge >= 0.3 is 0 Å². The van der Waals surface area contributed by atoms with Crippen LogP contribution in [0.1, 0.15) is 11.4 Å². The summed E-state index contributed by atoms with van der Waals surface area (Å²) in [5.74, 6) is 0.883. The standard InChI is InChI=1S/C12H17N5O3S/c1-20-10-6-9(7-13)2-3-11(10)21(18,19)16-5-4-12-14-8-15-17-12/h2-3,6,8,16H,4-5,7,13H2,1H3,(H,14,15,17). The second-order valence-electron chi connectivity index (χ2n) is 4.27. The van der Waals surface area contributed by atoms with Gasteiger partial charge in [-0.3, -0.25) is 5.10 Å². The number of nitrogens with zero attached hydrogens (tertiary/aromatic N) is 2. The lowest BCUT2D eigenvalue weighted by Gasteiger charge is -2.11. The van der Waals surface area contributed by atoms with E-state index in [9.17, 15) is 8.42 Å². The number of hydrogen-bond acceptors (Lipinski definition) is 6. The molecule has 0 saturated heterocycles. The fourth-order valence-electron chi connectivity index (χ4n) is 1.79. The van der Waals surface area contributed by atoms with Crippen LogP contribution < -0.4 is 15.2 Å². The molecule has 0 unspecified atom stereocenters. The van der Waals surface area contributed by atoms with E-state index in [-0.39, 0.29) is 17.2 Å². The number of rotatable bonds is 7. The van der Waals surface area contributed by atoms with Crippen molar-refractivity contribution in [2.24, 2.45) is 5.73 Å². The van der Waals surface area contributed by atoms with Crippen LogP contribution in [-0.4, -0.2) is 37.3 Å². The number of sulfonamides is 1. The SMILES string of the molecule is COc1cc(CN)ccc1S(=O)(=O)NCCc1ncn[nH]1.